The summed E-state index contributed by atoms with van der Waals surface area (Å²) in [7, 11) is 0. The minimum absolute atomic E-state index is 0.979. The average Bonchev–Trinajstić information content (AvgIpc) is 2.23. The van der Waals surface area contributed by atoms with Crippen molar-refractivity contribution < 1.29 is 0 Å². The van der Waals surface area contributed by atoms with Crippen molar-refractivity contribution in [3.05, 3.63) is 0 Å². The van der Waals surface area contributed by atoms with Crippen molar-refractivity contribution in [1.29, 1.82) is 0 Å². The summed E-state index contributed by atoms with van der Waals surface area (Å²) in [5.41, 5.74) is 0. The molecular weight excluding hydrogens is 170 g/mol. The van der Waals surface area contributed by atoms with Crippen LogP contribution in [-0.2, 0) is 0 Å². The summed E-state index contributed by atoms with van der Waals surface area (Å²) < 4.78 is 0. The Morgan fingerprint density at radius 1 is 1.00 bits per heavy atom. The predicted molar refractivity (Wildman–Crippen MR) is 67.8 cm³/mol. The van der Waals surface area contributed by atoms with Gasteiger partial charge in [0.25, 0.3) is 0 Å². The lowest BCUT2D eigenvalue weighted by Gasteiger charge is -2.28. The van der Waals surface area contributed by atoms with E-state index >= 15 is 0 Å². The van der Waals surface area contributed by atoms with Gasteiger partial charge in [-0.2, -0.15) is 0 Å². The molecule has 1 aliphatic rings. The minimum atomic E-state index is 0.979. The molecule has 88 valence electrons. The van der Waals surface area contributed by atoms with Crippen LogP contribution in [0.2, 0.25) is 0 Å². The highest BCUT2D eigenvalue weighted by molar-refractivity contribution is 4.67. The maximum absolute atomic E-state index is 2.53. The topological polar surface area (TPSA) is 3.24 Å². The highest BCUT2D eigenvalue weighted by Gasteiger charge is 2.12. The van der Waals surface area contributed by atoms with E-state index in [1.165, 1.54) is 38.9 Å². The molecule has 0 aromatic heterocycles. The van der Waals surface area contributed by atoms with Crippen LogP contribution in [0.1, 0.15) is 60.8 Å². The highest BCUT2D eigenvalue weighted by atomic mass is 15.1. The third-order valence-corrected chi connectivity index (χ3v) is 2.32. The maximum Gasteiger partial charge on any atom is -0.00163 e. The van der Waals surface area contributed by atoms with Crippen LogP contribution in [-0.4, -0.2) is 24.5 Å². The van der Waals surface area contributed by atoms with Crippen LogP contribution in [0.15, 0.2) is 0 Å². The second-order valence-corrected chi connectivity index (χ2v) is 3.82. The van der Waals surface area contributed by atoms with Crippen LogP contribution >= 0.6 is 0 Å². The van der Waals surface area contributed by atoms with E-state index in [1.807, 2.05) is 13.8 Å². The Kier molecular flexibility index (Phi) is 15.2. The summed E-state index contributed by atoms with van der Waals surface area (Å²) in [6, 6.07) is 0. The molecule has 1 heteroatoms. The molecule has 0 amide bonds. The van der Waals surface area contributed by atoms with E-state index in [0.717, 1.165) is 5.92 Å². The number of nitrogens with zero attached hydrogens (tertiary/aromatic N) is 1. The largest absolute Gasteiger partial charge is 0.304 e. The number of likely N-dealkylation sites (tertiary alicyclic amines) is 1. The van der Waals surface area contributed by atoms with E-state index in [1.54, 1.807) is 0 Å². The monoisotopic (exact) mass is 201 g/mol. The lowest BCUT2D eigenvalue weighted by Crippen LogP contribution is -2.32. The molecular formula is C13H31N. The molecule has 14 heavy (non-hydrogen) atoms. The van der Waals surface area contributed by atoms with Gasteiger partial charge in [0, 0.05) is 0 Å². The van der Waals surface area contributed by atoms with E-state index in [9.17, 15) is 0 Å². The Hall–Kier alpha value is -0.0400. The van der Waals surface area contributed by atoms with Crippen LogP contribution in [0.25, 0.3) is 0 Å². The fraction of sp³-hybridized carbons (Fsp3) is 1.00. The molecule has 1 fully saturated rings. The Balaban J connectivity index is 0. The molecule has 1 aliphatic heterocycles. The second-order valence-electron chi connectivity index (χ2n) is 3.82. The third-order valence-electron chi connectivity index (χ3n) is 2.32. The number of hydrogen-bond donors (Lipinski definition) is 0. The summed E-state index contributed by atoms with van der Waals surface area (Å²) >= 11 is 0. The van der Waals surface area contributed by atoms with Gasteiger partial charge in [0.1, 0.15) is 0 Å². The third kappa shape index (κ3) is 10.0. The molecule has 1 heterocycles. The second kappa shape index (κ2) is 13.0. The van der Waals surface area contributed by atoms with Crippen molar-refractivity contribution in [3.8, 4) is 0 Å². The van der Waals surface area contributed by atoms with Crippen molar-refractivity contribution in [2.45, 2.75) is 60.8 Å². The first-order valence-corrected chi connectivity index (χ1v) is 6.46. The van der Waals surface area contributed by atoms with E-state index < -0.39 is 0 Å². The molecule has 0 bridgehead atoms. The van der Waals surface area contributed by atoms with Crippen LogP contribution in [0.4, 0.5) is 0 Å². The summed E-state index contributed by atoms with van der Waals surface area (Å²) in [5, 5.41) is 0. The van der Waals surface area contributed by atoms with Gasteiger partial charge in [-0.3, -0.25) is 0 Å². The quantitative estimate of drug-likeness (QED) is 0.615. The summed E-state index contributed by atoms with van der Waals surface area (Å²) in [5.74, 6) is 0.979. The summed E-state index contributed by atoms with van der Waals surface area (Å²) in [6.45, 7) is 16.8. The smallest absolute Gasteiger partial charge is 0.00163 e. The fourth-order valence-electron chi connectivity index (χ4n) is 1.38. The van der Waals surface area contributed by atoms with Crippen molar-refractivity contribution in [3.63, 3.8) is 0 Å². The van der Waals surface area contributed by atoms with Crippen LogP contribution < -0.4 is 0 Å². The molecule has 0 aromatic rings. The molecule has 0 unspecified atom stereocenters. The van der Waals surface area contributed by atoms with Gasteiger partial charge in [0.05, 0.1) is 0 Å². The molecule has 0 N–H and O–H groups in total. The molecule has 0 spiro atoms. The van der Waals surface area contributed by atoms with Gasteiger partial charge in [0.2, 0.25) is 0 Å². The van der Waals surface area contributed by atoms with Gasteiger partial charge < -0.3 is 4.90 Å². The SMILES string of the molecule is CC.CCC.CCN1CCC(C)CC1. The first kappa shape index (κ1) is 16.4. The van der Waals surface area contributed by atoms with Gasteiger partial charge in [-0.25, -0.2) is 0 Å². The molecule has 0 radical (unpaired) electrons. The minimum Gasteiger partial charge on any atom is -0.304 e. The van der Waals surface area contributed by atoms with Crippen LogP contribution in [0, 0.1) is 5.92 Å². The Labute approximate surface area is 91.9 Å². The highest BCUT2D eigenvalue weighted by Crippen LogP contribution is 2.14. The van der Waals surface area contributed by atoms with Gasteiger partial charge in [-0.1, -0.05) is 48.0 Å². The first-order valence-electron chi connectivity index (χ1n) is 6.46. The molecule has 1 saturated heterocycles. The van der Waals surface area contributed by atoms with Crippen molar-refractivity contribution in [1.82, 2.24) is 4.90 Å². The van der Waals surface area contributed by atoms with Gasteiger partial charge in [-0.15, -0.1) is 0 Å². The zero-order valence-electron chi connectivity index (χ0n) is 11.3. The van der Waals surface area contributed by atoms with E-state index in [0.29, 0.717) is 0 Å². The van der Waals surface area contributed by atoms with Crippen molar-refractivity contribution in [2.75, 3.05) is 19.6 Å². The normalized spacial score (nSPS) is 17.6. The van der Waals surface area contributed by atoms with Crippen LogP contribution in [0.3, 0.4) is 0 Å². The van der Waals surface area contributed by atoms with Gasteiger partial charge in [0.15, 0.2) is 0 Å². The van der Waals surface area contributed by atoms with E-state index in [-0.39, 0.29) is 0 Å². The zero-order chi connectivity index (χ0) is 11.4. The van der Waals surface area contributed by atoms with Crippen molar-refractivity contribution >= 4 is 0 Å². The summed E-state index contributed by atoms with van der Waals surface area (Å²) in [6.07, 6.45) is 4.07. The Morgan fingerprint density at radius 3 is 1.64 bits per heavy atom. The number of hydrogen-bond acceptors (Lipinski definition) is 1. The summed E-state index contributed by atoms with van der Waals surface area (Å²) in [4.78, 5) is 2.53. The molecule has 0 atom stereocenters. The first-order chi connectivity index (χ1) is 6.74. The predicted octanol–water partition coefficient (Wildman–Crippen LogP) is 4.18. The Morgan fingerprint density at radius 2 is 1.36 bits per heavy atom. The van der Waals surface area contributed by atoms with Gasteiger partial charge >= 0.3 is 0 Å². The standard InChI is InChI=1S/C8H17N.C3H8.C2H6/c1-3-9-6-4-8(2)5-7-9;1-3-2;1-2/h8H,3-7H2,1-2H3;3H2,1-2H3;1-2H3. The van der Waals surface area contributed by atoms with Gasteiger partial charge in [-0.05, 0) is 38.4 Å². The lowest BCUT2D eigenvalue weighted by atomic mass is 9.99. The average molecular weight is 201 g/mol. The molecule has 0 saturated carbocycles. The molecule has 1 rings (SSSR count). The van der Waals surface area contributed by atoms with Crippen LogP contribution in [0.5, 0.6) is 0 Å². The molecule has 0 aliphatic carbocycles. The van der Waals surface area contributed by atoms with E-state index in [2.05, 4.69) is 32.6 Å². The number of rotatable bonds is 1. The maximum atomic E-state index is 2.53. The number of piperidine rings is 1. The molecule has 0 aromatic carbocycles. The van der Waals surface area contributed by atoms with Crippen molar-refractivity contribution in [2.24, 2.45) is 5.92 Å². The zero-order valence-corrected chi connectivity index (χ0v) is 11.3. The lowest BCUT2D eigenvalue weighted by molar-refractivity contribution is 0.201. The fourth-order valence-corrected chi connectivity index (χ4v) is 1.38. The Bertz CT molecular complexity index is 83.2. The van der Waals surface area contributed by atoms with E-state index in [4.69, 9.17) is 0 Å². The molecule has 1 nitrogen and oxygen atoms in total.